The average Bonchev–Trinajstić information content (AvgIpc) is 1.93. The first kappa shape index (κ1) is 6.81. The largest absolute Gasteiger partial charge is 0.471 e. The normalized spacial score (nSPS) is 28.1. The summed E-state index contributed by atoms with van der Waals surface area (Å²) in [4.78, 5) is 0. The molecular formula is C6H11NOS. The van der Waals surface area contributed by atoms with Crippen LogP contribution in [0.25, 0.3) is 0 Å². The first-order chi connectivity index (χ1) is 4.29. The molecule has 0 bridgehead atoms. The van der Waals surface area contributed by atoms with E-state index in [2.05, 4.69) is 12.2 Å². The third-order valence-corrected chi connectivity index (χ3v) is 1.61. The molecule has 1 saturated heterocycles. The van der Waals surface area contributed by atoms with Crippen molar-refractivity contribution in [3.8, 4) is 0 Å². The highest BCUT2D eigenvalue weighted by Gasteiger charge is 2.08. The molecule has 1 heterocycles. The van der Waals surface area contributed by atoms with Gasteiger partial charge in [-0.3, -0.25) is 0 Å². The lowest BCUT2D eigenvalue weighted by Crippen LogP contribution is -2.29. The topological polar surface area (TPSA) is 21.3 Å². The Morgan fingerprint density at radius 1 is 1.78 bits per heavy atom. The number of nitrogens with one attached hydrogen (secondary N) is 1. The SMILES string of the molecule is CC1CCCOC(=S)N1. The summed E-state index contributed by atoms with van der Waals surface area (Å²) in [6.07, 6.45) is 2.26. The van der Waals surface area contributed by atoms with E-state index in [1.165, 1.54) is 0 Å². The lowest BCUT2D eigenvalue weighted by atomic mass is 10.2. The van der Waals surface area contributed by atoms with Crippen LogP contribution in [0.4, 0.5) is 0 Å². The second-order valence-electron chi connectivity index (χ2n) is 2.32. The fourth-order valence-electron chi connectivity index (χ4n) is 0.869. The zero-order chi connectivity index (χ0) is 6.69. The van der Waals surface area contributed by atoms with Gasteiger partial charge in [-0.2, -0.15) is 0 Å². The Hall–Kier alpha value is -0.310. The molecule has 0 aromatic rings. The summed E-state index contributed by atoms with van der Waals surface area (Å²) in [6, 6.07) is 0.486. The van der Waals surface area contributed by atoms with E-state index in [-0.39, 0.29) is 0 Å². The van der Waals surface area contributed by atoms with Crippen molar-refractivity contribution >= 4 is 17.4 Å². The van der Waals surface area contributed by atoms with Gasteiger partial charge in [0.05, 0.1) is 6.61 Å². The molecule has 0 aromatic heterocycles. The predicted molar refractivity (Wildman–Crippen MR) is 40.4 cm³/mol. The molecule has 0 spiro atoms. The predicted octanol–water partition coefficient (Wildman–Crippen LogP) is 1.06. The second kappa shape index (κ2) is 3.01. The molecule has 9 heavy (non-hydrogen) atoms. The molecule has 0 aromatic carbocycles. The van der Waals surface area contributed by atoms with Crippen molar-refractivity contribution < 1.29 is 4.74 Å². The molecule has 0 radical (unpaired) electrons. The third-order valence-electron chi connectivity index (χ3n) is 1.38. The summed E-state index contributed by atoms with van der Waals surface area (Å²) in [6.45, 7) is 2.89. The standard InChI is InChI=1S/C6H11NOS/c1-5-3-2-4-8-6(9)7-5/h5H,2-4H2,1H3,(H,7,9). The molecule has 1 N–H and O–H groups in total. The highest BCUT2D eigenvalue weighted by Crippen LogP contribution is 2.01. The lowest BCUT2D eigenvalue weighted by Gasteiger charge is -2.08. The summed E-state index contributed by atoms with van der Waals surface area (Å²) < 4.78 is 5.09. The zero-order valence-corrected chi connectivity index (χ0v) is 6.33. The van der Waals surface area contributed by atoms with Gasteiger partial charge in [-0.1, -0.05) is 0 Å². The van der Waals surface area contributed by atoms with Gasteiger partial charge in [-0.25, -0.2) is 0 Å². The number of rotatable bonds is 0. The Balaban J connectivity index is 2.37. The second-order valence-corrected chi connectivity index (χ2v) is 2.69. The van der Waals surface area contributed by atoms with E-state index in [9.17, 15) is 0 Å². The van der Waals surface area contributed by atoms with Gasteiger partial charge >= 0.3 is 0 Å². The van der Waals surface area contributed by atoms with Gasteiger partial charge in [-0.15, -0.1) is 0 Å². The van der Waals surface area contributed by atoms with E-state index in [4.69, 9.17) is 17.0 Å². The number of ether oxygens (including phenoxy) is 1. The molecule has 3 heteroatoms. The molecule has 1 aliphatic heterocycles. The van der Waals surface area contributed by atoms with Crippen LogP contribution in [-0.4, -0.2) is 17.8 Å². The summed E-state index contributed by atoms with van der Waals surface area (Å²) in [5.41, 5.74) is 0. The van der Waals surface area contributed by atoms with Gasteiger partial charge < -0.3 is 10.1 Å². The maximum Gasteiger partial charge on any atom is 0.256 e. The minimum absolute atomic E-state index is 0.486. The van der Waals surface area contributed by atoms with Gasteiger partial charge in [0.2, 0.25) is 0 Å². The molecule has 2 nitrogen and oxygen atoms in total. The first-order valence-corrected chi connectivity index (χ1v) is 3.63. The molecule has 52 valence electrons. The molecule has 1 fully saturated rings. The Kier molecular flexibility index (Phi) is 2.28. The van der Waals surface area contributed by atoms with E-state index in [1.54, 1.807) is 0 Å². The van der Waals surface area contributed by atoms with E-state index < -0.39 is 0 Å². The number of hydrogen-bond acceptors (Lipinski definition) is 2. The van der Waals surface area contributed by atoms with Crippen molar-refractivity contribution in [2.75, 3.05) is 6.61 Å². The highest BCUT2D eigenvalue weighted by molar-refractivity contribution is 7.80. The highest BCUT2D eigenvalue weighted by atomic mass is 32.1. The van der Waals surface area contributed by atoms with Crippen molar-refractivity contribution in [1.82, 2.24) is 5.32 Å². The van der Waals surface area contributed by atoms with Crippen LogP contribution in [0.15, 0.2) is 0 Å². The molecule has 0 aliphatic carbocycles. The van der Waals surface area contributed by atoms with Gasteiger partial charge in [0.1, 0.15) is 0 Å². The minimum Gasteiger partial charge on any atom is -0.471 e. The van der Waals surface area contributed by atoms with Crippen LogP contribution in [-0.2, 0) is 4.74 Å². The fraction of sp³-hybridized carbons (Fsp3) is 0.833. The third kappa shape index (κ3) is 2.18. The van der Waals surface area contributed by atoms with Crippen molar-refractivity contribution in [3.05, 3.63) is 0 Å². The van der Waals surface area contributed by atoms with E-state index in [1.807, 2.05) is 0 Å². The Morgan fingerprint density at radius 3 is 3.33 bits per heavy atom. The molecule has 1 rings (SSSR count). The van der Waals surface area contributed by atoms with Gasteiger partial charge in [0.15, 0.2) is 0 Å². The summed E-state index contributed by atoms with van der Waals surface area (Å²) in [5, 5.41) is 3.61. The summed E-state index contributed by atoms with van der Waals surface area (Å²) >= 11 is 4.84. The van der Waals surface area contributed by atoms with Crippen LogP contribution in [0.3, 0.4) is 0 Å². The van der Waals surface area contributed by atoms with Crippen LogP contribution < -0.4 is 5.32 Å². The lowest BCUT2D eigenvalue weighted by molar-refractivity contribution is 0.307. The molecule has 0 amide bonds. The monoisotopic (exact) mass is 145 g/mol. The van der Waals surface area contributed by atoms with Crippen molar-refractivity contribution in [1.29, 1.82) is 0 Å². The first-order valence-electron chi connectivity index (χ1n) is 3.22. The minimum atomic E-state index is 0.486. The van der Waals surface area contributed by atoms with Crippen LogP contribution in [0.2, 0.25) is 0 Å². The molecule has 1 unspecified atom stereocenters. The van der Waals surface area contributed by atoms with Crippen LogP contribution >= 0.6 is 12.2 Å². The van der Waals surface area contributed by atoms with Gasteiger partial charge in [0.25, 0.3) is 5.17 Å². The van der Waals surface area contributed by atoms with Crippen LogP contribution in [0.5, 0.6) is 0 Å². The van der Waals surface area contributed by atoms with Crippen LogP contribution in [0.1, 0.15) is 19.8 Å². The Labute approximate surface area is 60.6 Å². The van der Waals surface area contributed by atoms with Crippen molar-refractivity contribution in [3.63, 3.8) is 0 Å². The Morgan fingerprint density at radius 2 is 2.56 bits per heavy atom. The van der Waals surface area contributed by atoms with Gasteiger partial charge in [-0.05, 0) is 32.0 Å². The fourth-order valence-corrected chi connectivity index (χ4v) is 1.15. The van der Waals surface area contributed by atoms with Gasteiger partial charge in [0, 0.05) is 6.04 Å². The van der Waals surface area contributed by atoms with Crippen molar-refractivity contribution in [2.24, 2.45) is 0 Å². The molecular weight excluding hydrogens is 134 g/mol. The molecule has 1 aliphatic rings. The summed E-state index contributed by atoms with van der Waals surface area (Å²) in [5.74, 6) is 0. The van der Waals surface area contributed by atoms with E-state index in [0.29, 0.717) is 11.2 Å². The smallest absolute Gasteiger partial charge is 0.256 e. The summed E-state index contributed by atoms with van der Waals surface area (Å²) in [7, 11) is 0. The van der Waals surface area contributed by atoms with Crippen LogP contribution in [0, 0.1) is 0 Å². The van der Waals surface area contributed by atoms with E-state index in [0.717, 1.165) is 19.4 Å². The maximum absolute atomic E-state index is 5.09. The van der Waals surface area contributed by atoms with E-state index >= 15 is 0 Å². The average molecular weight is 145 g/mol. The number of hydrogen-bond donors (Lipinski definition) is 1. The van der Waals surface area contributed by atoms with Crippen molar-refractivity contribution in [2.45, 2.75) is 25.8 Å². The molecule has 0 saturated carbocycles. The molecule has 1 atom stereocenters. The maximum atomic E-state index is 5.09. The zero-order valence-electron chi connectivity index (χ0n) is 5.52. The number of thiocarbonyl (C=S) groups is 1. The Bertz CT molecular complexity index is 116. The quantitative estimate of drug-likeness (QED) is 0.515.